The van der Waals surface area contributed by atoms with Gasteiger partial charge < -0.3 is 9.64 Å². The molecule has 0 bridgehead atoms. The maximum atomic E-state index is 14.0. The third kappa shape index (κ3) is 3.41. The summed E-state index contributed by atoms with van der Waals surface area (Å²) in [4.78, 5) is 5.12. The van der Waals surface area contributed by atoms with Gasteiger partial charge in [-0.2, -0.15) is 9.37 Å². The molecule has 130 valence electrons. The van der Waals surface area contributed by atoms with Crippen LogP contribution in [-0.4, -0.2) is 32.3 Å². The molecule has 2 heterocycles. The van der Waals surface area contributed by atoms with E-state index in [9.17, 15) is 12.8 Å². The number of fused-ring (bicyclic) bond motifs is 1. The van der Waals surface area contributed by atoms with Crippen molar-refractivity contribution < 1.29 is 17.5 Å². The Kier molecular flexibility index (Phi) is 4.84. The van der Waals surface area contributed by atoms with E-state index in [1.54, 1.807) is 4.90 Å². The van der Waals surface area contributed by atoms with Crippen molar-refractivity contribution in [3.63, 3.8) is 0 Å². The minimum absolute atomic E-state index is 0.150. The number of benzene rings is 1. The van der Waals surface area contributed by atoms with Crippen LogP contribution in [-0.2, 0) is 16.4 Å². The predicted octanol–water partition coefficient (Wildman–Crippen LogP) is 2.68. The molecule has 0 aliphatic carbocycles. The lowest BCUT2D eigenvalue weighted by Gasteiger charge is -2.32. The van der Waals surface area contributed by atoms with Crippen molar-refractivity contribution in [1.82, 2.24) is 4.98 Å². The smallest absolute Gasteiger partial charge is 0.242 e. The van der Waals surface area contributed by atoms with Crippen LogP contribution >= 0.6 is 11.6 Å². The molecule has 1 aromatic heterocycles. The number of halogens is 2. The number of nitrogens with zero attached hydrogens (tertiary/aromatic N) is 2. The molecule has 0 saturated heterocycles. The molecule has 5 nitrogen and oxygen atoms in total. The minimum atomic E-state index is -3.75. The number of sulfone groups is 1. The lowest BCUT2D eigenvalue weighted by Crippen LogP contribution is -2.36. The van der Waals surface area contributed by atoms with E-state index in [0.29, 0.717) is 6.54 Å². The summed E-state index contributed by atoms with van der Waals surface area (Å²) < 4.78 is 44.3. The first kappa shape index (κ1) is 17.5. The van der Waals surface area contributed by atoms with Gasteiger partial charge in [0.1, 0.15) is 15.6 Å². The monoisotopic (exact) mass is 380 g/mol. The normalized spacial score (nSPS) is 15.3. The van der Waals surface area contributed by atoms with Gasteiger partial charge in [-0.05, 0) is 5.56 Å². The summed E-state index contributed by atoms with van der Waals surface area (Å²) in [5.41, 5.74) is 1.10. The second-order valence-corrected chi connectivity index (χ2v) is 7.84. The fraction of sp³-hybridized carbons (Fsp3) is 0.235. The van der Waals surface area contributed by atoms with Gasteiger partial charge in [0, 0.05) is 13.1 Å². The topological polar surface area (TPSA) is 59.5 Å². The average Bonchev–Trinajstić information content (AvgIpc) is 2.59. The maximum absolute atomic E-state index is 14.0. The van der Waals surface area contributed by atoms with Crippen molar-refractivity contribution in [3.05, 3.63) is 46.9 Å². The number of anilines is 1. The summed E-state index contributed by atoms with van der Waals surface area (Å²) in [6, 6.07) is 9.45. The molecule has 25 heavy (non-hydrogen) atoms. The van der Waals surface area contributed by atoms with Gasteiger partial charge >= 0.3 is 0 Å². The lowest BCUT2D eigenvalue weighted by atomic mass is 10.2. The Hall–Kier alpha value is -2.30. The summed E-state index contributed by atoms with van der Waals surface area (Å²) in [6.07, 6.45) is 5.18. The van der Waals surface area contributed by atoms with E-state index in [4.69, 9.17) is 22.8 Å². The first-order valence-electron chi connectivity index (χ1n) is 7.41. The van der Waals surface area contributed by atoms with Gasteiger partial charge in [-0.1, -0.05) is 47.9 Å². The Morgan fingerprint density at radius 2 is 2.08 bits per heavy atom. The van der Waals surface area contributed by atoms with Gasteiger partial charge in [0.05, 0.1) is 5.75 Å². The number of terminal acetylenes is 1. The van der Waals surface area contributed by atoms with Crippen LogP contribution in [0.5, 0.6) is 5.88 Å². The first-order valence-corrected chi connectivity index (χ1v) is 9.44. The van der Waals surface area contributed by atoms with Gasteiger partial charge in [-0.3, -0.25) is 0 Å². The number of aromatic nitrogens is 1. The number of ether oxygens (including phenoxy) is 1. The number of rotatable bonds is 4. The van der Waals surface area contributed by atoms with Crippen LogP contribution in [0.1, 0.15) is 5.56 Å². The maximum Gasteiger partial charge on any atom is 0.242 e. The summed E-state index contributed by atoms with van der Waals surface area (Å²) in [6.45, 7) is 0.444. The molecule has 2 aromatic rings. The van der Waals surface area contributed by atoms with Crippen molar-refractivity contribution in [3.8, 4) is 18.2 Å². The Morgan fingerprint density at radius 1 is 1.36 bits per heavy atom. The van der Waals surface area contributed by atoms with Crippen LogP contribution in [0.2, 0.25) is 5.02 Å². The molecule has 0 spiro atoms. The highest BCUT2D eigenvalue weighted by Crippen LogP contribution is 2.43. The Morgan fingerprint density at radius 3 is 2.76 bits per heavy atom. The molecule has 0 atom stereocenters. The van der Waals surface area contributed by atoms with Crippen molar-refractivity contribution in [2.75, 3.05) is 23.8 Å². The van der Waals surface area contributed by atoms with Crippen LogP contribution in [0.25, 0.3) is 0 Å². The summed E-state index contributed by atoms with van der Waals surface area (Å²) >= 11 is 5.93. The first-order chi connectivity index (χ1) is 11.9. The van der Waals surface area contributed by atoms with Crippen LogP contribution < -0.4 is 9.64 Å². The number of hydrogen-bond acceptors (Lipinski definition) is 5. The third-order valence-electron chi connectivity index (χ3n) is 3.76. The molecule has 0 saturated carbocycles. The highest BCUT2D eigenvalue weighted by atomic mass is 35.5. The van der Waals surface area contributed by atoms with E-state index in [1.165, 1.54) is 0 Å². The molecule has 0 fully saturated rings. The largest absolute Gasteiger partial charge is 0.463 e. The molecule has 0 radical (unpaired) electrons. The van der Waals surface area contributed by atoms with E-state index in [0.717, 1.165) is 5.56 Å². The minimum Gasteiger partial charge on any atom is -0.463 e. The summed E-state index contributed by atoms with van der Waals surface area (Å²) in [7, 11) is -3.75. The standard InChI is InChI=1S/C17H14ClFN2O3S/c1-2-9-24-17-14-15(13(18)16(19)20-17)25(22,23)10-8-21(14)11-12-6-4-3-5-7-12/h1,3-7H,8-11H2. The molecule has 0 amide bonds. The second-order valence-electron chi connectivity index (χ2n) is 5.42. The highest BCUT2D eigenvalue weighted by Gasteiger charge is 2.36. The molecule has 0 unspecified atom stereocenters. The Labute approximate surface area is 150 Å². The third-order valence-corrected chi connectivity index (χ3v) is 5.96. The second kappa shape index (κ2) is 6.90. The molecular formula is C17H14ClFN2O3S. The van der Waals surface area contributed by atoms with Crippen molar-refractivity contribution in [2.24, 2.45) is 0 Å². The van der Waals surface area contributed by atoms with E-state index in [2.05, 4.69) is 10.9 Å². The number of hydrogen-bond donors (Lipinski definition) is 0. The van der Waals surface area contributed by atoms with Gasteiger partial charge in [0.15, 0.2) is 16.4 Å². The lowest BCUT2D eigenvalue weighted by molar-refractivity contribution is 0.346. The number of pyridine rings is 1. The Bertz CT molecular complexity index is 943. The van der Waals surface area contributed by atoms with Crippen LogP contribution in [0.3, 0.4) is 0 Å². The Balaban J connectivity index is 2.15. The molecule has 1 aromatic carbocycles. The van der Waals surface area contributed by atoms with Gasteiger partial charge in [-0.25, -0.2) is 8.42 Å². The van der Waals surface area contributed by atoms with Gasteiger partial charge in [0.2, 0.25) is 11.8 Å². The SMILES string of the molecule is C#CCOc1nc(F)c(Cl)c2c1N(Cc1ccccc1)CCS2(=O)=O. The van der Waals surface area contributed by atoms with Crippen LogP contribution in [0, 0.1) is 18.3 Å². The van der Waals surface area contributed by atoms with Crippen molar-refractivity contribution in [1.29, 1.82) is 0 Å². The fourth-order valence-corrected chi connectivity index (χ4v) is 4.68. The quantitative estimate of drug-likeness (QED) is 0.603. The molecule has 1 aliphatic heterocycles. The van der Waals surface area contributed by atoms with E-state index >= 15 is 0 Å². The zero-order chi connectivity index (χ0) is 18.0. The summed E-state index contributed by atoms with van der Waals surface area (Å²) in [5, 5.41) is -0.527. The molecule has 1 aliphatic rings. The van der Waals surface area contributed by atoms with Crippen molar-refractivity contribution >= 4 is 27.1 Å². The molecule has 0 N–H and O–H groups in total. The average molecular weight is 381 g/mol. The van der Waals surface area contributed by atoms with E-state index in [-0.39, 0.29) is 35.4 Å². The van der Waals surface area contributed by atoms with Crippen molar-refractivity contribution in [2.45, 2.75) is 11.4 Å². The van der Waals surface area contributed by atoms with E-state index < -0.39 is 20.8 Å². The molecular weight excluding hydrogens is 367 g/mol. The zero-order valence-corrected chi connectivity index (χ0v) is 14.6. The molecule has 3 rings (SSSR count). The fourth-order valence-electron chi connectivity index (χ4n) is 2.67. The highest BCUT2D eigenvalue weighted by molar-refractivity contribution is 7.91. The van der Waals surface area contributed by atoms with Gasteiger partial charge in [0.25, 0.3) is 0 Å². The van der Waals surface area contributed by atoms with Crippen LogP contribution in [0.15, 0.2) is 35.2 Å². The van der Waals surface area contributed by atoms with E-state index in [1.807, 2.05) is 30.3 Å². The zero-order valence-electron chi connectivity index (χ0n) is 13.1. The van der Waals surface area contributed by atoms with Gasteiger partial charge in [-0.15, -0.1) is 6.42 Å². The van der Waals surface area contributed by atoms with Crippen LogP contribution in [0.4, 0.5) is 10.1 Å². The predicted molar refractivity (Wildman–Crippen MR) is 93.1 cm³/mol. The molecule has 8 heteroatoms. The summed E-state index contributed by atoms with van der Waals surface area (Å²) in [5.74, 6) is 0.809.